The van der Waals surface area contributed by atoms with Crippen molar-refractivity contribution in [3.8, 4) is 0 Å². The van der Waals surface area contributed by atoms with Gasteiger partial charge in [-0.3, -0.25) is 9.69 Å². The highest BCUT2D eigenvalue weighted by atomic mass is 19.1. The molecule has 0 saturated heterocycles. The molecule has 0 saturated carbocycles. The highest BCUT2D eigenvalue weighted by molar-refractivity contribution is 6.01. The van der Waals surface area contributed by atoms with Crippen LogP contribution in [0.3, 0.4) is 0 Å². The number of nitrogens with two attached hydrogens (primary N) is 1. The number of hydrogen-bond acceptors (Lipinski definition) is 6. The summed E-state index contributed by atoms with van der Waals surface area (Å²) in [6.45, 7) is 7.15. The average molecular weight is 384 g/mol. The fraction of sp³-hybridized carbons (Fsp3) is 0.400. The molecule has 0 radical (unpaired) electrons. The zero-order valence-electron chi connectivity index (χ0n) is 16.7. The SMILES string of the molecule is CC(Nc1ccc(F)c(C2(C)N=C(N)N(C)C(=O)C2(C)C)c1)c1ncccn1. The normalized spacial score (nSPS) is 22.6. The maximum atomic E-state index is 14.9. The van der Waals surface area contributed by atoms with Gasteiger partial charge in [-0.05, 0) is 52.0 Å². The minimum atomic E-state index is -1.16. The summed E-state index contributed by atoms with van der Waals surface area (Å²) >= 11 is 0. The Hall–Kier alpha value is -3.03. The maximum absolute atomic E-state index is 14.9. The fourth-order valence-electron chi connectivity index (χ4n) is 3.41. The van der Waals surface area contributed by atoms with Gasteiger partial charge in [0.2, 0.25) is 5.91 Å². The van der Waals surface area contributed by atoms with Crippen LogP contribution in [-0.2, 0) is 10.3 Å². The van der Waals surface area contributed by atoms with Gasteiger partial charge in [0.15, 0.2) is 5.96 Å². The first-order chi connectivity index (χ1) is 13.1. The highest BCUT2D eigenvalue weighted by Crippen LogP contribution is 2.47. The summed E-state index contributed by atoms with van der Waals surface area (Å²) < 4.78 is 14.9. The van der Waals surface area contributed by atoms with Crippen LogP contribution < -0.4 is 11.1 Å². The van der Waals surface area contributed by atoms with Crippen molar-refractivity contribution in [1.82, 2.24) is 14.9 Å². The molecule has 148 valence electrons. The summed E-state index contributed by atoms with van der Waals surface area (Å²) in [5.74, 6) is 0.0252. The van der Waals surface area contributed by atoms with Gasteiger partial charge < -0.3 is 11.1 Å². The van der Waals surface area contributed by atoms with Gasteiger partial charge in [-0.25, -0.2) is 19.4 Å². The number of amides is 1. The number of hydrogen-bond donors (Lipinski definition) is 2. The Morgan fingerprint density at radius 2 is 1.86 bits per heavy atom. The number of rotatable bonds is 4. The third-order valence-electron chi connectivity index (χ3n) is 5.59. The number of halogens is 1. The molecule has 1 amide bonds. The first kappa shape index (κ1) is 19.7. The topological polar surface area (TPSA) is 96.5 Å². The molecule has 2 aromatic rings. The largest absolute Gasteiger partial charge is 0.375 e. The number of carbonyl (C=O) groups is 1. The van der Waals surface area contributed by atoms with Crippen LogP contribution in [0.1, 0.15) is 45.1 Å². The third-order valence-corrected chi connectivity index (χ3v) is 5.59. The summed E-state index contributed by atoms with van der Waals surface area (Å²) in [4.78, 5) is 27.1. The number of aromatic nitrogens is 2. The second kappa shape index (κ2) is 6.85. The van der Waals surface area contributed by atoms with Crippen molar-refractivity contribution in [3.63, 3.8) is 0 Å². The molecular weight excluding hydrogens is 359 g/mol. The van der Waals surface area contributed by atoms with Crippen molar-refractivity contribution >= 4 is 17.6 Å². The number of nitrogens with zero attached hydrogens (tertiary/aromatic N) is 4. The minimum Gasteiger partial charge on any atom is -0.375 e. The van der Waals surface area contributed by atoms with Crippen molar-refractivity contribution in [2.75, 3.05) is 12.4 Å². The summed E-state index contributed by atoms with van der Waals surface area (Å²) in [5.41, 5.74) is 4.78. The summed E-state index contributed by atoms with van der Waals surface area (Å²) in [7, 11) is 1.57. The fourth-order valence-corrected chi connectivity index (χ4v) is 3.41. The minimum absolute atomic E-state index is 0.0654. The molecule has 0 aliphatic carbocycles. The molecule has 1 aliphatic heterocycles. The van der Waals surface area contributed by atoms with Crippen LogP contribution in [0.5, 0.6) is 0 Å². The van der Waals surface area contributed by atoms with E-state index in [1.165, 1.54) is 11.0 Å². The number of nitrogens with one attached hydrogen (secondary N) is 1. The van der Waals surface area contributed by atoms with E-state index >= 15 is 0 Å². The van der Waals surface area contributed by atoms with Gasteiger partial charge in [0.05, 0.1) is 11.5 Å². The van der Waals surface area contributed by atoms with Crippen LogP contribution in [0.4, 0.5) is 10.1 Å². The molecule has 2 heterocycles. The molecule has 3 rings (SSSR count). The summed E-state index contributed by atoms with van der Waals surface area (Å²) in [5, 5.41) is 3.27. The first-order valence-electron chi connectivity index (χ1n) is 9.05. The van der Waals surface area contributed by atoms with Gasteiger partial charge in [-0.1, -0.05) is 0 Å². The van der Waals surface area contributed by atoms with Gasteiger partial charge in [0.25, 0.3) is 0 Å². The van der Waals surface area contributed by atoms with Gasteiger partial charge >= 0.3 is 0 Å². The van der Waals surface area contributed by atoms with Crippen LogP contribution in [-0.4, -0.2) is 33.8 Å². The molecule has 2 atom stereocenters. The Labute approximate surface area is 163 Å². The molecule has 28 heavy (non-hydrogen) atoms. The Balaban J connectivity index is 2.03. The molecule has 0 bridgehead atoms. The van der Waals surface area contributed by atoms with Crippen molar-refractivity contribution < 1.29 is 9.18 Å². The lowest BCUT2D eigenvalue weighted by molar-refractivity contribution is -0.140. The molecule has 2 unspecified atom stereocenters. The van der Waals surface area contributed by atoms with Gasteiger partial charge in [0, 0.05) is 30.7 Å². The third kappa shape index (κ3) is 3.08. The monoisotopic (exact) mass is 384 g/mol. The van der Waals surface area contributed by atoms with Gasteiger partial charge in [-0.2, -0.15) is 0 Å². The van der Waals surface area contributed by atoms with E-state index in [1.807, 2.05) is 6.92 Å². The van der Waals surface area contributed by atoms with Crippen molar-refractivity contribution in [1.29, 1.82) is 0 Å². The maximum Gasteiger partial charge on any atom is 0.237 e. The summed E-state index contributed by atoms with van der Waals surface area (Å²) in [6, 6.07) is 6.23. The molecule has 3 N–H and O–H groups in total. The van der Waals surface area contributed by atoms with Crippen LogP contribution in [0.2, 0.25) is 0 Å². The van der Waals surface area contributed by atoms with Crippen LogP contribution >= 0.6 is 0 Å². The number of aliphatic imine (C=N–C) groups is 1. The number of anilines is 1. The summed E-state index contributed by atoms with van der Waals surface area (Å²) in [6.07, 6.45) is 3.34. The quantitative estimate of drug-likeness (QED) is 0.845. The van der Waals surface area contributed by atoms with E-state index in [4.69, 9.17) is 5.73 Å². The van der Waals surface area contributed by atoms with Gasteiger partial charge in [0.1, 0.15) is 17.2 Å². The van der Waals surface area contributed by atoms with Gasteiger partial charge in [-0.15, -0.1) is 0 Å². The van der Waals surface area contributed by atoms with E-state index in [9.17, 15) is 9.18 Å². The van der Waals surface area contributed by atoms with Crippen molar-refractivity contribution in [3.05, 3.63) is 53.9 Å². The van der Waals surface area contributed by atoms with E-state index in [1.54, 1.807) is 58.4 Å². The van der Waals surface area contributed by atoms with E-state index in [2.05, 4.69) is 20.3 Å². The van der Waals surface area contributed by atoms with Crippen LogP contribution in [0, 0.1) is 11.2 Å². The average Bonchev–Trinajstić information content (AvgIpc) is 2.67. The number of benzene rings is 1. The smallest absolute Gasteiger partial charge is 0.237 e. The zero-order valence-corrected chi connectivity index (χ0v) is 16.7. The predicted octanol–water partition coefficient (Wildman–Crippen LogP) is 2.82. The number of guanidine groups is 1. The van der Waals surface area contributed by atoms with Crippen LogP contribution in [0.15, 0.2) is 41.7 Å². The molecule has 1 aromatic carbocycles. The Morgan fingerprint density at radius 3 is 2.50 bits per heavy atom. The molecule has 0 fully saturated rings. The lowest BCUT2D eigenvalue weighted by Crippen LogP contribution is -2.58. The molecule has 8 heteroatoms. The first-order valence-corrected chi connectivity index (χ1v) is 9.05. The highest BCUT2D eigenvalue weighted by Gasteiger charge is 2.53. The predicted molar refractivity (Wildman–Crippen MR) is 106 cm³/mol. The second-order valence-corrected chi connectivity index (χ2v) is 7.70. The van der Waals surface area contributed by atoms with E-state index in [0.717, 1.165) is 0 Å². The van der Waals surface area contributed by atoms with E-state index in [0.29, 0.717) is 17.1 Å². The van der Waals surface area contributed by atoms with Crippen molar-refractivity contribution in [2.24, 2.45) is 16.1 Å². The molecule has 1 aromatic heterocycles. The number of carbonyl (C=O) groups excluding carboxylic acids is 1. The lowest BCUT2D eigenvalue weighted by atomic mass is 9.67. The molecular formula is C20H25FN6O. The second-order valence-electron chi connectivity index (χ2n) is 7.70. The standard InChI is InChI=1S/C20H25FN6O/c1-12(16-23-9-6-10-24-16)25-13-7-8-15(21)14(11-13)20(4)19(2,3)17(28)27(5)18(22)26-20/h6-12,25H,1-5H3,(H2,22,26). The molecule has 1 aliphatic rings. The Bertz CT molecular complexity index is 930. The van der Waals surface area contributed by atoms with E-state index < -0.39 is 16.8 Å². The Morgan fingerprint density at radius 1 is 1.21 bits per heavy atom. The zero-order chi connectivity index (χ0) is 20.7. The van der Waals surface area contributed by atoms with Crippen LogP contribution in [0.25, 0.3) is 0 Å². The molecule has 0 spiro atoms. The lowest BCUT2D eigenvalue weighted by Gasteiger charge is -2.46. The molecule has 7 nitrogen and oxygen atoms in total. The Kier molecular flexibility index (Phi) is 4.82. The van der Waals surface area contributed by atoms with Crippen molar-refractivity contribution in [2.45, 2.75) is 39.3 Å². The van der Waals surface area contributed by atoms with E-state index in [-0.39, 0.29) is 17.9 Å².